The van der Waals surface area contributed by atoms with Crippen molar-refractivity contribution in [1.29, 1.82) is 0 Å². The summed E-state index contributed by atoms with van der Waals surface area (Å²) in [5, 5.41) is 6.71. The molecule has 1 heterocycles. The lowest BCUT2D eigenvalue weighted by atomic mass is 10.2. The Hall–Kier alpha value is -1.34. The Morgan fingerprint density at radius 1 is 1.35 bits per heavy atom. The van der Waals surface area contributed by atoms with E-state index in [1.54, 1.807) is 7.11 Å². The molecule has 0 radical (unpaired) electrons. The van der Waals surface area contributed by atoms with Gasteiger partial charge in [-0.3, -0.25) is 4.79 Å². The van der Waals surface area contributed by atoms with Crippen molar-refractivity contribution in [3.8, 4) is 0 Å². The Labute approximate surface area is 124 Å². The van der Waals surface area contributed by atoms with Crippen molar-refractivity contribution in [1.82, 2.24) is 10.3 Å². The first-order valence-corrected chi connectivity index (χ1v) is 7.78. The Bertz CT molecular complexity index is 409. The summed E-state index contributed by atoms with van der Waals surface area (Å²) in [5.74, 6) is 0.154. The van der Waals surface area contributed by atoms with Crippen LogP contribution in [0.2, 0.25) is 0 Å². The number of hydrogen-bond acceptors (Lipinski definition) is 6. The van der Waals surface area contributed by atoms with Crippen LogP contribution >= 0.6 is 11.3 Å². The van der Waals surface area contributed by atoms with Crippen LogP contribution in [0.5, 0.6) is 0 Å². The SMILES string of the molecule is CCCNc1nc(N)c(C(=O)NCCCCCOC)s1. The van der Waals surface area contributed by atoms with Gasteiger partial charge < -0.3 is 21.1 Å². The smallest absolute Gasteiger partial charge is 0.265 e. The van der Waals surface area contributed by atoms with E-state index < -0.39 is 0 Å². The number of aromatic nitrogens is 1. The molecule has 7 heteroatoms. The Morgan fingerprint density at radius 3 is 2.85 bits per heavy atom. The number of carbonyl (C=O) groups excluding carboxylic acids is 1. The number of nitrogens with two attached hydrogens (primary N) is 1. The zero-order valence-corrected chi connectivity index (χ0v) is 13.0. The molecule has 1 aromatic heterocycles. The van der Waals surface area contributed by atoms with Gasteiger partial charge in [-0.25, -0.2) is 4.98 Å². The molecule has 0 bridgehead atoms. The third-order valence-electron chi connectivity index (χ3n) is 2.70. The minimum absolute atomic E-state index is 0.142. The molecule has 0 fully saturated rings. The molecule has 0 aliphatic rings. The van der Waals surface area contributed by atoms with Gasteiger partial charge in [-0.05, 0) is 25.7 Å². The molecule has 1 rings (SSSR count). The van der Waals surface area contributed by atoms with Gasteiger partial charge in [-0.1, -0.05) is 18.3 Å². The lowest BCUT2D eigenvalue weighted by molar-refractivity contribution is 0.0957. The fourth-order valence-corrected chi connectivity index (χ4v) is 2.46. The number of methoxy groups -OCH3 is 1. The molecule has 0 saturated carbocycles. The van der Waals surface area contributed by atoms with Crippen LogP contribution < -0.4 is 16.4 Å². The van der Waals surface area contributed by atoms with Crippen molar-refractivity contribution in [3.05, 3.63) is 4.88 Å². The highest BCUT2D eigenvalue weighted by atomic mass is 32.1. The molecular weight excluding hydrogens is 276 g/mol. The first kappa shape index (κ1) is 16.7. The standard InChI is InChI=1S/C13H24N4O2S/c1-3-7-16-13-17-11(14)10(20-13)12(18)15-8-5-4-6-9-19-2/h3-9,14H2,1-2H3,(H,15,18)(H,16,17). The maximum Gasteiger partial charge on any atom is 0.265 e. The van der Waals surface area contributed by atoms with Gasteiger partial charge >= 0.3 is 0 Å². The normalized spacial score (nSPS) is 10.5. The van der Waals surface area contributed by atoms with E-state index in [-0.39, 0.29) is 5.91 Å². The molecular formula is C13H24N4O2S. The number of amides is 1. The molecule has 0 aliphatic heterocycles. The van der Waals surface area contributed by atoms with Crippen LogP contribution in [0.25, 0.3) is 0 Å². The van der Waals surface area contributed by atoms with E-state index in [1.807, 2.05) is 0 Å². The van der Waals surface area contributed by atoms with Gasteiger partial charge in [0.05, 0.1) is 0 Å². The van der Waals surface area contributed by atoms with E-state index in [9.17, 15) is 4.79 Å². The van der Waals surface area contributed by atoms with Gasteiger partial charge in [0.15, 0.2) is 5.13 Å². The van der Waals surface area contributed by atoms with Crippen LogP contribution in [0.1, 0.15) is 42.3 Å². The fourth-order valence-electron chi connectivity index (χ4n) is 1.63. The second-order valence-corrected chi connectivity index (χ2v) is 5.47. The molecule has 0 saturated heterocycles. The summed E-state index contributed by atoms with van der Waals surface area (Å²) in [6.45, 7) is 4.31. The average molecular weight is 300 g/mol. The van der Waals surface area contributed by atoms with Gasteiger partial charge in [-0.15, -0.1) is 0 Å². The maximum absolute atomic E-state index is 12.0. The third-order valence-corrected chi connectivity index (χ3v) is 3.72. The van der Waals surface area contributed by atoms with Crippen molar-refractivity contribution in [3.63, 3.8) is 0 Å². The van der Waals surface area contributed by atoms with Gasteiger partial charge in [0.1, 0.15) is 10.7 Å². The number of rotatable bonds is 10. The summed E-state index contributed by atoms with van der Waals surface area (Å²) < 4.78 is 4.97. The number of nitrogens with zero attached hydrogens (tertiary/aromatic N) is 1. The Morgan fingerprint density at radius 2 is 2.15 bits per heavy atom. The molecule has 0 aromatic carbocycles. The molecule has 20 heavy (non-hydrogen) atoms. The third kappa shape index (κ3) is 5.75. The summed E-state index contributed by atoms with van der Waals surface area (Å²) in [6, 6.07) is 0. The van der Waals surface area contributed by atoms with Gasteiger partial charge in [0.2, 0.25) is 0 Å². The van der Waals surface area contributed by atoms with Crippen molar-refractivity contribution >= 4 is 28.2 Å². The monoisotopic (exact) mass is 300 g/mol. The van der Waals surface area contributed by atoms with Gasteiger partial charge in [0, 0.05) is 26.8 Å². The van der Waals surface area contributed by atoms with Crippen LogP contribution in [0, 0.1) is 0 Å². The van der Waals surface area contributed by atoms with E-state index >= 15 is 0 Å². The number of nitrogens with one attached hydrogen (secondary N) is 2. The van der Waals surface area contributed by atoms with Crippen molar-refractivity contribution in [2.45, 2.75) is 32.6 Å². The quantitative estimate of drug-likeness (QED) is 0.576. The summed E-state index contributed by atoms with van der Waals surface area (Å²) >= 11 is 1.30. The maximum atomic E-state index is 12.0. The summed E-state index contributed by atoms with van der Waals surface area (Å²) in [7, 11) is 1.69. The lowest BCUT2D eigenvalue weighted by Gasteiger charge is -2.03. The topological polar surface area (TPSA) is 89.3 Å². The minimum Gasteiger partial charge on any atom is -0.385 e. The molecule has 6 nitrogen and oxygen atoms in total. The molecule has 0 atom stereocenters. The molecule has 0 spiro atoms. The first-order chi connectivity index (χ1) is 9.69. The number of ether oxygens (including phenoxy) is 1. The highest BCUT2D eigenvalue weighted by Crippen LogP contribution is 2.24. The molecule has 4 N–H and O–H groups in total. The van der Waals surface area contributed by atoms with Gasteiger partial charge in [-0.2, -0.15) is 0 Å². The van der Waals surface area contributed by atoms with E-state index in [4.69, 9.17) is 10.5 Å². The van der Waals surface area contributed by atoms with Gasteiger partial charge in [0.25, 0.3) is 5.91 Å². The molecule has 0 unspecified atom stereocenters. The van der Waals surface area contributed by atoms with Crippen LogP contribution in [-0.2, 0) is 4.74 Å². The first-order valence-electron chi connectivity index (χ1n) is 6.96. The summed E-state index contributed by atoms with van der Waals surface area (Å²) in [4.78, 5) is 16.6. The highest BCUT2D eigenvalue weighted by Gasteiger charge is 2.15. The Balaban J connectivity index is 2.33. The van der Waals surface area contributed by atoms with Crippen LogP contribution in [0.4, 0.5) is 10.9 Å². The fraction of sp³-hybridized carbons (Fsp3) is 0.692. The summed E-state index contributed by atoms with van der Waals surface area (Å²) in [6.07, 6.45) is 3.99. The zero-order valence-electron chi connectivity index (χ0n) is 12.2. The largest absolute Gasteiger partial charge is 0.385 e. The highest BCUT2D eigenvalue weighted by molar-refractivity contribution is 7.18. The second-order valence-electron chi connectivity index (χ2n) is 4.47. The number of unbranched alkanes of at least 4 members (excludes halogenated alkanes) is 2. The molecule has 1 aromatic rings. The number of carbonyl (C=O) groups is 1. The molecule has 1 amide bonds. The Kier molecular flexibility index (Phi) is 7.98. The van der Waals surface area contributed by atoms with Crippen molar-refractivity contribution in [2.24, 2.45) is 0 Å². The predicted octanol–water partition coefficient (Wildman–Crippen LogP) is 2.09. The van der Waals surface area contributed by atoms with Crippen LogP contribution in [0.3, 0.4) is 0 Å². The number of anilines is 2. The van der Waals surface area contributed by atoms with E-state index in [0.29, 0.717) is 22.4 Å². The molecule has 0 aliphatic carbocycles. The predicted molar refractivity (Wildman–Crippen MR) is 83.4 cm³/mol. The summed E-state index contributed by atoms with van der Waals surface area (Å²) in [5.41, 5.74) is 5.77. The van der Waals surface area contributed by atoms with Crippen molar-refractivity contribution in [2.75, 3.05) is 37.9 Å². The molecule has 114 valence electrons. The number of hydrogen-bond donors (Lipinski definition) is 3. The second kappa shape index (κ2) is 9.55. The van der Waals surface area contributed by atoms with E-state index in [0.717, 1.165) is 38.8 Å². The van der Waals surface area contributed by atoms with E-state index in [1.165, 1.54) is 11.3 Å². The van der Waals surface area contributed by atoms with Crippen LogP contribution in [0.15, 0.2) is 0 Å². The number of thiazole rings is 1. The average Bonchev–Trinajstić information content (AvgIpc) is 2.81. The lowest BCUT2D eigenvalue weighted by Crippen LogP contribution is -2.24. The van der Waals surface area contributed by atoms with Crippen molar-refractivity contribution < 1.29 is 9.53 Å². The minimum atomic E-state index is -0.142. The van der Waals surface area contributed by atoms with E-state index in [2.05, 4.69) is 22.5 Å². The number of nitrogen functional groups attached to an aromatic ring is 1. The zero-order chi connectivity index (χ0) is 14.8. The van der Waals surface area contributed by atoms with Crippen LogP contribution in [-0.4, -0.2) is 37.7 Å².